The zero-order valence-electron chi connectivity index (χ0n) is 13.7. The van der Waals surface area contributed by atoms with Gasteiger partial charge in [-0.15, -0.1) is 0 Å². The molecule has 0 radical (unpaired) electrons. The first-order valence-corrected chi connectivity index (χ1v) is 10.2. The summed E-state index contributed by atoms with van der Waals surface area (Å²) in [6, 6.07) is 15.5. The van der Waals surface area contributed by atoms with E-state index < -0.39 is 15.3 Å². The molecular weight excluding hydrogens is 360 g/mol. The molecule has 2 aromatic rings. The monoisotopic (exact) mass is 378 g/mol. The Labute approximate surface area is 152 Å². The molecule has 2 aromatic carbocycles. The average Bonchev–Trinajstić information content (AvgIpc) is 3.42. The molecule has 0 saturated heterocycles. The molecule has 0 unspecified atom stereocenters. The number of hydrogen-bond donors (Lipinski definition) is 0. The van der Waals surface area contributed by atoms with Gasteiger partial charge in [0.25, 0.3) is 0 Å². The van der Waals surface area contributed by atoms with Gasteiger partial charge in [0, 0.05) is 5.02 Å². The number of carbonyl (C=O) groups is 1. The van der Waals surface area contributed by atoms with Gasteiger partial charge in [-0.3, -0.25) is 4.79 Å². The lowest BCUT2D eigenvalue weighted by Gasteiger charge is -2.15. The number of hydrogen-bond acceptors (Lipinski definition) is 4. The summed E-state index contributed by atoms with van der Waals surface area (Å²) in [5, 5.41) is 0.624. The molecule has 0 atom stereocenters. The van der Waals surface area contributed by atoms with Crippen LogP contribution in [0, 0.1) is 0 Å². The minimum absolute atomic E-state index is 0.0434. The van der Waals surface area contributed by atoms with Crippen molar-refractivity contribution in [1.29, 1.82) is 0 Å². The van der Waals surface area contributed by atoms with E-state index in [4.69, 9.17) is 16.3 Å². The van der Waals surface area contributed by atoms with E-state index in [0.717, 1.165) is 18.4 Å². The molecule has 1 aliphatic rings. The molecule has 0 aromatic heterocycles. The van der Waals surface area contributed by atoms with Gasteiger partial charge >= 0.3 is 5.97 Å². The van der Waals surface area contributed by atoms with Gasteiger partial charge in [-0.2, -0.15) is 0 Å². The molecule has 4 nitrogen and oxygen atoms in total. The van der Waals surface area contributed by atoms with E-state index in [1.54, 1.807) is 42.5 Å². The maximum atomic E-state index is 12.4. The lowest BCUT2D eigenvalue weighted by Crippen LogP contribution is -2.24. The molecule has 1 aliphatic carbocycles. The van der Waals surface area contributed by atoms with Crippen LogP contribution in [-0.2, 0) is 24.8 Å². The van der Waals surface area contributed by atoms with E-state index in [0.29, 0.717) is 9.92 Å². The highest BCUT2D eigenvalue weighted by atomic mass is 35.5. The zero-order valence-corrected chi connectivity index (χ0v) is 15.2. The molecule has 1 fully saturated rings. The minimum atomic E-state index is -3.34. The fourth-order valence-electron chi connectivity index (χ4n) is 2.80. The molecule has 3 rings (SSSR count). The molecule has 132 valence electrons. The lowest BCUT2D eigenvalue weighted by molar-refractivity contribution is -0.146. The number of halogens is 1. The Morgan fingerprint density at radius 1 is 1.04 bits per heavy atom. The second-order valence-corrected chi connectivity index (χ2v) is 8.76. The van der Waals surface area contributed by atoms with Crippen LogP contribution in [0.3, 0.4) is 0 Å². The third-order valence-corrected chi connectivity index (χ3v) is 6.50. The van der Waals surface area contributed by atoms with Crippen LogP contribution < -0.4 is 0 Å². The smallest absolute Gasteiger partial charge is 0.316 e. The van der Waals surface area contributed by atoms with Crippen LogP contribution >= 0.6 is 11.6 Å². The fourth-order valence-corrected chi connectivity index (χ4v) is 4.23. The Bertz CT molecular complexity index is 841. The number of carbonyl (C=O) groups excluding carboxylic acids is 1. The maximum Gasteiger partial charge on any atom is 0.316 e. The summed E-state index contributed by atoms with van der Waals surface area (Å²) in [6.45, 7) is 0.0975. The van der Waals surface area contributed by atoms with Gasteiger partial charge in [0.2, 0.25) is 0 Å². The quantitative estimate of drug-likeness (QED) is 0.543. The predicted octanol–water partition coefficient (Wildman–Crippen LogP) is 3.78. The van der Waals surface area contributed by atoms with Crippen LogP contribution in [0.4, 0.5) is 0 Å². The van der Waals surface area contributed by atoms with Crippen molar-refractivity contribution >= 4 is 27.4 Å². The summed E-state index contributed by atoms with van der Waals surface area (Å²) in [4.78, 5) is 12.7. The summed E-state index contributed by atoms with van der Waals surface area (Å²) in [6.07, 6.45) is 1.77. The molecular formula is C19H19ClO4S. The van der Waals surface area contributed by atoms with Gasteiger partial charge in [-0.25, -0.2) is 8.42 Å². The van der Waals surface area contributed by atoms with Crippen molar-refractivity contribution in [1.82, 2.24) is 0 Å². The summed E-state index contributed by atoms with van der Waals surface area (Å²) < 4.78 is 29.7. The number of sulfone groups is 1. The molecule has 0 amide bonds. The first kappa shape index (κ1) is 18.0. The molecule has 1 saturated carbocycles. The van der Waals surface area contributed by atoms with Crippen LogP contribution in [0.2, 0.25) is 5.02 Å². The Morgan fingerprint density at radius 2 is 1.68 bits per heavy atom. The van der Waals surface area contributed by atoms with Gasteiger partial charge < -0.3 is 4.74 Å². The molecule has 0 heterocycles. The largest absolute Gasteiger partial charge is 0.465 e. The zero-order chi connectivity index (χ0) is 17.9. The summed E-state index contributed by atoms with van der Waals surface area (Å²) >= 11 is 5.88. The lowest BCUT2D eigenvalue weighted by atomic mass is 9.96. The molecule has 0 aliphatic heterocycles. The standard InChI is InChI=1S/C19H19ClO4S/c20-16-9-7-15(8-10-16)19(11-12-19)18(21)24-13-4-14-25(22,23)17-5-2-1-3-6-17/h1-3,5-10H,4,11-14H2. The van der Waals surface area contributed by atoms with E-state index >= 15 is 0 Å². The summed E-state index contributed by atoms with van der Waals surface area (Å²) in [7, 11) is -3.34. The van der Waals surface area contributed by atoms with Crippen LogP contribution in [0.1, 0.15) is 24.8 Å². The number of rotatable bonds is 7. The van der Waals surface area contributed by atoms with E-state index in [1.807, 2.05) is 12.1 Å². The Balaban J connectivity index is 1.53. The van der Waals surface area contributed by atoms with E-state index in [-0.39, 0.29) is 24.7 Å². The third-order valence-electron chi connectivity index (χ3n) is 4.43. The maximum absolute atomic E-state index is 12.4. The van der Waals surface area contributed by atoms with Crippen molar-refractivity contribution in [2.45, 2.75) is 29.6 Å². The average molecular weight is 379 g/mol. The van der Waals surface area contributed by atoms with Gasteiger partial charge in [0.05, 0.1) is 22.7 Å². The molecule has 0 N–H and O–H groups in total. The van der Waals surface area contributed by atoms with Crippen LogP contribution in [0.25, 0.3) is 0 Å². The third kappa shape index (κ3) is 4.05. The molecule has 25 heavy (non-hydrogen) atoms. The highest BCUT2D eigenvalue weighted by molar-refractivity contribution is 7.91. The number of esters is 1. The Hall–Kier alpha value is -1.85. The first-order chi connectivity index (χ1) is 11.9. The normalized spacial score (nSPS) is 15.6. The molecule has 0 spiro atoms. The summed E-state index contributed by atoms with van der Waals surface area (Å²) in [5.41, 5.74) is 0.321. The SMILES string of the molecule is O=C(OCCCS(=O)(=O)c1ccccc1)C1(c2ccc(Cl)cc2)CC1. The first-order valence-electron chi connectivity index (χ1n) is 8.15. The highest BCUT2D eigenvalue weighted by Crippen LogP contribution is 2.49. The van der Waals surface area contributed by atoms with Gasteiger partial charge in [-0.1, -0.05) is 41.9 Å². The van der Waals surface area contributed by atoms with Crippen molar-refractivity contribution in [2.75, 3.05) is 12.4 Å². The minimum Gasteiger partial charge on any atom is -0.465 e. The molecule has 0 bridgehead atoms. The Kier molecular flexibility index (Phi) is 5.16. The van der Waals surface area contributed by atoms with E-state index in [9.17, 15) is 13.2 Å². The second kappa shape index (κ2) is 7.18. The van der Waals surface area contributed by atoms with Crippen molar-refractivity contribution in [3.8, 4) is 0 Å². The van der Waals surface area contributed by atoms with Crippen LogP contribution in [0.15, 0.2) is 59.5 Å². The predicted molar refractivity (Wildman–Crippen MR) is 96.4 cm³/mol. The van der Waals surface area contributed by atoms with Crippen LogP contribution in [-0.4, -0.2) is 26.7 Å². The van der Waals surface area contributed by atoms with E-state index in [2.05, 4.69) is 0 Å². The van der Waals surface area contributed by atoms with Crippen LogP contribution in [0.5, 0.6) is 0 Å². The fraction of sp³-hybridized carbons (Fsp3) is 0.316. The van der Waals surface area contributed by atoms with Crippen molar-refractivity contribution < 1.29 is 17.9 Å². The van der Waals surface area contributed by atoms with Gasteiger partial charge in [-0.05, 0) is 49.1 Å². The highest BCUT2D eigenvalue weighted by Gasteiger charge is 2.52. The molecule has 6 heteroatoms. The van der Waals surface area contributed by atoms with Crippen molar-refractivity contribution in [3.63, 3.8) is 0 Å². The number of benzene rings is 2. The van der Waals surface area contributed by atoms with Gasteiger partial charge in [0.15, 0.2) is 9.84 Å². The van der Waals surface area contributed by atoms with Crippen molar-refractivity contribution in [3.05, 3.63) is 65.2 Å². The second-order valence-electron chi connectivity index (χ2n) is 6.21. The van der Waals surface area contributed by atoms with E-state index in [1.165, 1.54) is 0 Å². The number of ether oxygens (including phenoxy) is 1. The summed E-state index contributed by atoms with van der Waals surface area (Å²) in [5.74, 6) is -0.329. The van der Waals surface area contributed by atoms with Gasteiger partial charge in [0.1, 0.15) is 0 Å². The van der Waals surface area contributed by atoms with Crippen molar-refractivity contribution in [2.24, 2.45) is 0 Å². The topological polar surface area (TPSA) is 60.4 Å². The Morgan fingerprint density at radius 3 is 2.28 bits per heavy atom.